The Labute approximate surface area is 105 Å². The summed E-state index contributed by atoms with van der Waals surface area (Å²) in [6.07, 6.45) is 1.14. The molecule has 0 aromatic carbocycles. The van der Waals surface area contributed by atoms with Gasteiger partial charge in [0.2, 0.25) is 11.8 Å². The van der Waals surface area contributed by atoms with Gasteiger partial charge < -0.3 is 15.7 Å². The number of hydrogen-bond donors (Lipinski definition) is 3. The minimum atomic E-state index is -0.706. The number of aliphatic hydroxyl groups excluding tert-OH is 1. The van der Waals surface area contributed by atoms with Crippen LogP contribution in [0.1, 0.15) is 20.8 Å². The van der Waals surface area contributed by atoms with Gasteiger partial charge in [-0.2, -0.15) is 4.98 Å². The van der Waals surface area contributed by atoms with Crippen molar-refractivity contribution in [2.24, 2.45) is 0 Å². The lowest BCUT2D eigenvalue weighted by molar-refractivity contribution is -0.384. The van der Waals surface area contributed by atoms with Gasteiger partial charge in [-0.1, -0.05) is 0 Å². The number of nitro groups is 1. The van der Waals surface area contributed by atoms with E-state index >= 15 is 0 Å². The topological polar surface area (TPSA) is 113 Å². The standard InChI is InChI=1S/C10H17N5O3/c1-4-11-9-12-5-7(15(17)18)8(13-9)14-10(2,3)6-16/h5,16H,4,6H2,1-3H3,(H2,11,12,13,14). The molecule has 0 radical (unpaired) electrons. The van der Waals surface area contributed by atoms with Crippen LogP contribution < -0.4 is 10.6 Å². The monoisotopic (exact) mass is 255 g/mol. The molecule has 0 fully saturated rings. The average molecular weight is 255 g/mol. The van der Waals surface area contributed by atoms with Gasteiger partial charge in [0.05, 0.1) is 17.1 Å². The lowest BCUT2D eigenvalue weighted by atomic mass is 10.1. The number of nitrogens with one attached hydrogen (secondary N) is 2. The van der Waals surface area contributed by atoms with E-state index in [0.29, 0.717) is 12.5 Å². The third kappa shape index (κ3) is 3.52. The molecule has 0 saturated heterocycles. The molecule has 0 bridgehead atoms. The number of nitrogens with zero attached hydrogens (tertiary/aromatic N) is 3. The molecule has 0 atom stereocenters. The highest BCUT2D eigenvalue weighted by Crippen LogP contribution is 2.24. The van der Waals surface area contributed by atoms with Crippen molar-refractivity contribution in [3.63, 3.8) is 0 Å². The van der Waals surface area contributed by atoms with Crippen LogP contribution in [0.3, 0.4) is 0 Å². The fourth-order valence-corrected chi connectivity index (χ4v) is 1.20. The third-order valence-corrected chi connectivity index (χ3v) is 2.15. The highest BCUT2D eigenvalue weighted by molar-refractivity contribution is 5.58. The fourth-order valence-electron chi connectivity index (χ4n) is 1.20. The molecule has 0 amide bonds. The summed E-state index contributed by atoms with van der Waals surface area (Å²) in [5, 5.41) is 25.7. The first kappa shape index (κ1) is 14.1. The molecule has 18 heavy (non-hydrogen) atoms. The molecular weight excluding hydrogens is 238 g/mol. The van der Waals surface area contributed by atoms with Crippen molar-refractivity contribution in [2.45, 2.75) is 26.3 Å². The zero-order chi connectivity index (χ0) is 13.8. The Morgan fingerprint density at radius 2 is 2.22 bits per heavy atom. The maximum atomic E-state index is 10.9. The molecule has 0 saturated carbocycles. The maximum absolute atomic E-state index is 10.9. The molecular formula is C10H17N5O3. The molecule has 100 valence electrons. The number of aliphatic hydroxyl groups is 1. The Morgan fingerprint density at radius 3 is 2.72 bits per heavy atom. The van der Waals surface area contributed by atoms with E-state index < -0.39 is 10.5 Å². The summed E-state index contributed by atoms with van der Waals surface area (Å²) in [6, 6.07) is 0. The molecule has 8 heteroatoms. The van der Waals surface area contributed by atoms with Crippen LogP contribution in [0.25, 0.3) is 0 Å². The molecule has 1 rings (SSSR count). The molecule has 0 unspecified atom stereocenters. The van der Waals surface area contributed by atoms with Crippen molar-refractivity contribution >= 4 is 17.5 Å². The smallest absolute Gasteiger partial charge is 0.329 e. The highest BCUT2D eigenvalue weighted by Gasteiger charge is 2.24. The summed E-state index contributed by atoms with van der Waals surface area (Å²) in [5.74, 6) is 0.393. The maximum Gasteiger partial charge on any atom is 0.329 e. The predicted octanol–water partition coefficient (Wildman–Crippen LogP) is 0.999. The highest BCUT2D eigenvalue weighted by atomic mass is 16.6. The molecule has 3 N–H and O–H groups in total. The van der Waals surface area contributed by atoms with Crippen molar-refractivity contribution in [3.8, 4) is 0 Å². The summed E-state index contributed by atoms with van der Waals surface area (Å²) < 4.78 is 0. The van der Waals surface area contributed by atoms with Gasteiger partial charge in [-0.25, -0.2) is 4.98 Å². The van der Waals surface area contributed by atoms with Gasteiger partial charge in [0.1, 0.15) is 6.20 Å². The lowest BCUT2D eigenvalue weighted by Crippen LogP contribution is -2.35. The van der Waals surface area contributed by atoms with Gasteiger partial charge in [-0.15, -0.1) is 0 Å². The molecule has 1 aromatic heterocycles. The van der Waals surface area contributed by atoms with Crippen LogP contribution in [0, 0.1) is 10.1 Å². The number of rotatable bonds is 6. The van der Waals surface area contributed by atoms with Gasteiger partial charge in [0, 0.05) is 6.54 Å². The fraction of sp³-hybridized carbons (Fsp3) is 0.600. The van der Waals surface area contributed by atoms with Crippen molar-refractivity contribution in [2.75, 3.05) is 23.8 Å². The Hall–Kier alpha value is -1.96. The van der Waals surface area contributed by atoms with Crippen molar-refractivity contribution in [3.05, 3.63) is 16.3 Å². The summed E-state index contributed by atoms with van der Waals surface area (Å²) >= 11 is 0. The second kappa shape index (κ2) is 5.58. The van der Waals surface area contributed by atoms with Gasteiger partial charge in [0.15, 0.2) is 0 Å². The Kier molecular flexibility index (Phi) is 4.38. The van der Waals surface area contributed by atoms with Gasteiger partial charge in [0.25, 0.3) is 0 Å². The van der Waals surface area contributed by atoms with Gasteiger partial charge >= 0.3 is 5.69 Å². The largest absolute Gasteiger partial charge is 0.394 e. The van der Waals surface area contributed by atoms with Crippen LogP contribution in [0.2, 0.25) is 0 Å². The van der Waals surface area contributed by atoms with E-state index in [0.717, 1.165) is 6.20 Å². The van der Waals surface area contributed by atoms with Crippen LogP contribution in [0.4, 0.5) is 17.5 Å². The van der Waals surface area contributed by atoms with Crippen LogP contribution in [-0.2, 0) is 0 Å². The summed E-state index contributed by atoms with van der Waals surface area (Å²) in [7, 11) is 0. The van der Waals surface area contributed by atoms with Gasteiger partial charge in [-0.3, -0.25) is 10.1 Å². The minimum Gasteiger partial charge on any atom is -0.394 e. The molecule has 0 spiro atoms. The molecule has 0 aliphatic rings. The summed E-state index contributed by atoms with van der Waals surface area (Å²) in [5.41, 5.74) is -0.930. The number of aromatic nitrogens is 2. The first-order chi connectivity index (χ1) is 8.39. The van der Waals surface area contributed by atoms with E-state index in [1.807, 2.05) is 6.92 Å². The van der Waals surface area contributed by atoms with Crippen LogP contribution in [-0.4, -0.2) is 38.7 Å². The van der Waals surface area contributed by atoms with Crippen molar-refractivity contribution in [1.82, 2.24) is 9.97 Å². The average Bonchev–Trinajstić information content (AvgIpc) is 2.29. The number of anilines is 2. The van der Waals surface area contributed by atoms with E-state index in [1.165, 1.54) is 0 Å². The molecule has 8 nitrogen and oxygen atoms in total. The van der Waals surface area contributed by atoms with Crippen LogP contribution in [0.5, 0.6) is 0 Å². The first-order valence-corrected chi connectivity index (χ1v) is 5.54. The summed E-state index contributed by atoms with van der Waals surface area (Å²) in [6.45, 7) is 5.73. The third-order valence-electron chi connectivity index (χ3n) is 2.15. The molecule has 0 aliphatic heterocycles. The van der Waals surface area contributed by atoms with E-state index in [9.17, 15) is 10.1 Å². The van der Waals surface area contributed by atoms with E-state index in [1.54, 1.807) is 13.8 Å². The quantitative estimate of drug-likeness (QED) is 0.513. The summed E-state index contributed by atoms with van der Waals surface area (Å²) in [4.78, 5) is 18.2. The first-order valence-electron chi connectivity index (χ1n) is 5.54. The lowest BCUT2D eigenvalue weighted by Gasteiger charge is -2.23. The number of hydrogen-bond acceptors (Lipinski definition) is 7. The van der Waals surface area contributed by atoms with Crippen molar-refractivity contribution < 1.29 is 10.0 Å². The Morgan fingerprint density at radius 1 is 1.56 bits per heavy atom. The van der Waals surface area contributed by atoms with Crippen molar-refractivity contribution in [1.29, 1.82) is 0 Å². The second-order valence-corrected chi connectivity index (χ2v) is 4.38. The van der Waals surface area contributed by atoms with E-state index in [2.05, 4.69) is 20.6 Å². The van der Waals surface area contributed by atoms with Crippen LogP contribution in [0.15, 0.2) is 6.20 Å². The van der Waals surface area contributed by atoms with Crippen LogP contribution >= 0.6 is 0 Å². The van der Waals surface area contributed by atoms with Gasteiger partial charge in [-0.05, 0) is 20.8 Å². The molecule has 1 heterocycles. The Bertz CT molecular complexity index is 436. The second-order valence-electron chi connectivity index (χ2n) is 4.38. The SMILES string of the molecule is CCNc1ncc([N+](=O)[O-])c(NC(C)(C)CO)n1. The van der Waals surface area contributed by atoms with E-state index in [-0.39, 0.29) is 18.1 Å². The zero-order valence-electron chi connectivity index (χ0n) is 10.6. The predicted molar refractivity (Wildman–Crippen MR) is 67.6 cm³/mol. The Balaban J connectivity index is 3.11. The zero-order valence-corrected chi connectivity index (χ0v) is 10.6. The minimum absolute atomic E-state index is 0.0880. The molecule has 0 aliphatic carbocycles. The van der Waals surface area contributed by atoms with E-state index in [4.69, 9.17) is 5.11 Å². The molecule has 1 aromatic rings. The normalized spacial score (nSPS) is 11.1.